The van der Waals surface area contributed by atoms with E-state index in [2.05, 4.69) is 27.1 Å². The first-order valence-corrected chi connectivity index (χ1v) is 9.08. The van der Waals surface area contributed by atoms with E-state index in [0.29, 0.717) is 18.9 Å². The van der Waals surface area contributed by atoms with E-state index in [1.807, 2.05) is 0 Å². The highest BCUT2D eigenvalue weighted by atomic mass is 19.4. The molecule has 0 unspecified atom stereocenters. The summed E-state index contributed by atoms with van der Waals surface area (Å²) in [6.45, 7) is 7.52. The van der Waals surface area contributed by atoms with Crippen LogP contribution in [0.3, 0.4) is 0 Å². The third-order valence-corrected chi connectivity index (χ3v) is 4.63. The number of anilines is 2. The fourth-order valence-corrected chi connectivity index (χ4v) is 3.09. The number of piperazine rings is 1. The van der Waals surface area contributed by atoms with Crippen molar-refractivity contribution in [2.24, 2.45) is 0 Å². The molecule has 1 N–H and O–H groups in total. The zero-order valence-corrected chi connectivity index (χ0v) is 15.8. The van der Waals surface area contributed by atoms with Crippen LogP contribution >= 0.6 is 0 Å². The first kappa shape index (κ1) is 20.1. The van der Waals surface area contributed by atoms with Crippen LogP contribution in [-0.2, 0) is 6.18 Å². The summed E-state index contributed by atoms with van der Waals surface area (Å²) in [5.74, 6) is 0.447. The van der Waals surface area contributed by atoms with Gasteiger partial charge in [-0.2, -0.15) is 13.2 Å². The lowest BCUT2D eigenvalue weighted by molar-refractivity contribution is -0.137. The largest absolute Gasteiger partial charge is 0.416 e. The van der Waals surface area contributed by atoms with Crippen molar-refractivity contribution in [1.29, 1.82) is 0 Å². The maximum absolute atomic E-state index is 12.9. The molecule has 1 amide bonds. The number of rotatable bonds is 4. The summed E-state index contributed by atoms with van der Waals surface area (Å²) in [6, 6.07) is 6.31. The summed E-state index contributed by atoms with van der Waals surface area (Å²) in [7, 11) is 0. The van der Waals surface area contributed by atoms with Gasteiger partial charge >= 0.3 is 6.18 Å². The van der Waals surface area contributed by atoms with Crippen molar-refractivity contribution >= 4 is 17.4 Å². The highest BCUT2D eigenvalue weighted by molar-refractivity contribution is 5.93. The molecule has 0 atom stereocenters. The number of alkyl halides is 3. The summed E-state index contributed by atoms with van der Waals surface area (Å²) in [5.41, 5.74) is -0.289. The van der Waals surface area contributed by atoms with Crippen LogP contribution < -0.4 is 5.32 Å². The topological polar surface area (TPSA) is 61.4 Å². The van der Waals surface area contributed by atoms with E-state index in [1.165, 1.54) is 18.2 Å². The van der Waals surface area contributed by atoms with Crippen molar-refractivity contribution in [1.82, 2.24) is 19.8 Å². The molecule has 1 aliphatic rings. The maximum Gasteiger partial charge on any atom is 0.416 e. The molecular formula is C19H22F3N5O. The Morgan fingerprint density at radius 1 is 1.14 bits per heavy atom. The predicted octanol–water partition coefficient (Wildman–Crippen LogP) is 3.33. The number of nitrogens with one attached hydrogen (secondary N) is 1. The molecule has 1 aromatic heterocycles. The number of aryl methyl sites for hydroxylation is 1. The van der Waals surface area contributed by atoms with E-state index in [-0.39, 0.29) is 23.1 Å². The molecule has 1 aliphatic heterocycles. The van der Waals surface area contributed by atoms with Crippen LogP contribution in [-0.4, -0.2) is 58.4 Å². The Bertz CT molecular complexity index is 848. The first-order chi connectivity index (χ1) is 13.3. The summed E-state index contributed by atoms with van der Waals surface area (Å²) in [5, 5.41) is 2.84. The van der Waals surface area contributed by atoms with Crippen molar-refractivity contribution in [3.63, 3.8) is 0 Å². The third kappa shape index (κ3) is 4.78. The van der Waals surface area contributed by atoms with Gasteiger partial charge in [0.2, 0.25) is 0 Å². The molecule has 0 radical (unpaired) electrons. The second-order valence-electron chi connectivity index (χ2n) is 6.62. The molecule has 28 heavy (non-hydrogen) atoms. The molecule has 2 aromatic rings. The van der Waals surface area contributed by atoms with Gasteiger partial charge in [0.25, 0.3) is 5.91 Å². The quantitative estimate of drug-likeness (QED) is 0.864. The minimum Gasteiger partial charge on any atom is -0.340 e. The minimum atomic E-state index is -4.43. The number of nitrogens with zero attached hydrogens (tertiary/aromatic N) is 4. The van der Waals surface area contributed by atoms with E-state index in [9.17, 15) is 18.0 Å². The van der Waals surface area contributed by atoms with Crippen molar-refractivity contribution in [3.8, 4) is 0 Å². The molecular weight excluding hydrogens is 371 g/mol. The van der Waals surface area contributed by atoms with Crippen LogP contribution in [0.4, 0.5) is 24.7 Å². The van der Waals surface area contributed by atoms with E-state index in [0.717, 1.165) is 31.8 Å². The molecule has 6 nitrogen and oxygen atoms in total. The average molecular weight is 393 g/mol. The first-order valence-electron chi connectivity index (χ1n) is 9.08. The van der Waals surface area contributed by atoms with Gasteiger partial charge in [0, 0.05) is 37.9 Å². The van der Waals surface area contributed by atoms with Crippen molar-refractivity contribution in [2.75, 3.05) is 38.0 Å². The molecule has 0 spiro atoms. The summed E-state index contributed by atoms with van der Waals surface area (Å²) in [6.07, 6.45) is -4.43. The van der Waals surface area contributed by atoms with Crippen molar-refractivity contribution in [2.45, 2.75) is 20.0 Å². The fourth-order valence-electron chi connectivity index (χ4n) is 3.09. The predicted molar refractivity (Wildman–Crippen MR) is 99.5 cm³/mol. The molecule has 3 rings (SSSR count). The number of hydrogen-bond donors (Lipinski definition) is 1. The van der Waals surface area contributed by atoms with Crippen LogP contribution in [0.2, 0.25) is 0 Å². The molecule has 2 heterocycles. The Morgan fingerprint density at radius 3 is 2.50 bits per heavy atom. The summed E-state index contributed by atoms with van der Waals surface area (Å²) in [4.78, 5) is 25.2. The SMILES string of the molecule is CCN1CCN(C(=O)c2cc(Nc3cccc(C(F)(F)F)c3)nc(C)n2)CC1. The second kappa shape index (κ2) is 8.14. The molecule has 0 saturated carbocycles. The van der Waals surface area contributed by atoms with Gasteiger partial charge in [-0.1, -0.05) is 13.0 Å². The van der Waals surface area contributed by atoms with E-state index in [1.54, 1.807) is 11.8 Å². The molecule has 0 bridgehead atoms. The second-order valence-corrected chi connectivity index (χ2v) is 6.62. The zero-order chi connectivity index (χ0) is 20.3. The van der Waals surface area contributed by atoms with Gasteiger partial charge in [-0.15, -0.1) is 0 Å². The molecule has 1 aromatic carbocycles. The monoisotopic (exact) mass is 393 g/mol. The Labute approximate surface area is 161 Å². The molecule has 1 saturated heterocycles. The van der Waals surface area contributed by atoms with E-state index < -0.39 is 11.7 Å². The van der Waals surface area contributed by atoms with Crippen molar-refractivity contribution in [3.05, 3.63) is 47.4 Å². The highest BCUT2D eigenvalue weighted by Crippen LogP contribution is 2.31. The van der Waals surface area contributed by atoms with Gasteiger partial charge in [-0.25, -0.2) is 9.97 Å². The van der Waals surface area contributed by atoms with Crippen LogP contribution in [0.15, 0.2) is 30.3 Å². The lowest BCUT2D eigenvalue weighted by atomic mass is 10.2. The van der Waals surface area contributed by atoms with E-state index in [4.69, 9.17) is 0 Å². The van der Waals surface area contributed by atoms with Gasteiger partial charge in [0.1, 0.15) is 17.3 Å². The molecule has 150 valence electrons. The number of aromatic nitrogens is 2. The fraction of sp³-hybridized carbons (Fsp3) is 0.421. The lowest BCUT2D eigenvalue weighted by Crippen LogP contribution is -2.48. The van der Waals surface area contributed by atoms with Crippen LogP contribution in [0, 0.1) is 6.92 Å². The summed E-state index contributed by atoms with van der Waals surface area (Å²) < 4.78 is 38.7. The van der Waals surface area contributed by atoms with Crippen LogP contribution in [0.5, 0.6) is 0 Å². The standard InChI is InChI=1S/C19H22F3N5O/c1-3-26-7-9-27(10-8-26)18(28)16-12-17(24-13(2)23-16)25-15-6-4-5-14(11-15)19(20,21)22/h4-6,11-12H,3,7-10H2,1-2H3,(H,23,24,25). The minimum absolute atomic E-state index is 0.201. The van der Waals surface area contributed by atoms with Crippen LogP contribution in [0.25, 0.3) is 0 Å². The highest BCUT2D eigenvalue weighted by Gasteiger charge is 2.30. The number of halogens is 3. The summed E-state index contributed by atoms with van der Waals surface area (Å²) >= 11 is 0. The number of amides is 1. The third-order valence-electron chi connectivity index (χ3n) is 4.63. The smallest absolute Gasteiger partial charge is 0.340 e. The average Bonchev–Trinajstić information content (AvgIpc) is 2.66. The van der Waals surface area contributed by atoms with Gasteiger partial charge in [-0.3, -0.25) is 4.79 Å². The Morgan fingerprint density at radius 2 is 1.86 bits per heavy atom. The maximum atomic E-state index is 12.9. The van der Waals surface area contributed by atoms with Gasteiger partial charge in [0.05, 0.1) is 5.56 Å². The van der Waals surface area contributed by atoms with Gasteiger partial charge < -0.3 is 15.1 Å². The molecule has 0 aliphatic carbocycles. The lowest BCUT2D eigenvalue weighted by Gasteiger charge is -2.33. The number of carbonyl (C=O) groups is 1. The number of carbonyl (C=O) groups excluding carboxylic acids is 1. The number of benzene rings is 1. The normalized spacial score (nSPS) is 15.5. The molecule has 9 heteroatoms. The molecule has 1 fully saturated rings. The number of likely N-dealkylation sites (N-methyl/N-ethyl adjacent to an activating group) is 1. The van der Waals surface area contributed by atoms with Crippen molar-refractivity contribution < 1.29 is 18.0 Å². The Balaban J connectivity index is 1.78. The van der Waals surface area contributed by atoms with Gasteiger partial charge in [-0.05, 0) is 31.7 Å². The van der Waals surface area contributed by atoms with Crippen LogP contribution in [0.1, 0.15) is 28.8 Å². The Kier molecular flexibility index (Phi) is 5.83. The van der Waals surface area contributed by atoms with Gasteiger partial charge in [0.15, 0.2) is 0 Å². The van der Waals surface area contributed by atoms with E-state index >= 15 is 0 Å². The zero-order valence-electron chi connectivity index (χ0n) is 15.8. The number of hydrogen-bond acceptors (Lipinski definition) is 5. The Hall–Kier alpha value is -2.68.